The Balaban J connectivity index is 1.17. The SMILES string of the molecule is CC(=O)N[C@H]1[C@H](O[C@H]2[C@H](O)[C@@H](NC(C)=O)C(O)O[C@@H]2CO)O[C@H](CO)[C@@H](O[C@@H]2O[C@H](CO)[C@@H](O)[C@H](O[C@H]3O[C@H](CO)[C@@H](O)[C@H](O)[C@@H]3O[C@@H]3O[C@H](CO[C@]4(C(=O)O)C[C@H](O)[C@@H](NC(C)=O)[C@H]([C@H](O)[C@H](O)CO)O4)[C@@H](O)[C@H](O[C@@H]4O[C@H](CO)[C@H](O)[C@H](O[C@]5(C(=O)O)C[C@H](O)[C@@H](NC(C)=O)[C@H]([C@H](O)[C@H](O)CO)O5)[C@H]4O)[C@H]3NC(C)=O)[C@@H]2O)[C@@H]1O. The lowest BCUT2D eigenvalue weighted by atomic mass is 9.88. The minimum absolute atomic E-state index is 0.779. The lowest BCUT2D eigenvalue weighted by Crippen LogP contribution is -2.72. The number of carbonyl (C=O) groups is 7. The maximum Gasteiger partial charge on any atom is 0.364 e. The highest BCUT2D eigenvalue weighted by molar-refractivity contribution is 5.78. The van der Waals surface area contributed by atoms with Crippen molar-refractivity contribution in [2.75, 3.05) is 52.9 Å². The molecule has 668 valence electrons. The van der Waals surface area contributed by atoms with E-state index in [4.69, 9.17) is 71.1 Å². The first-order chi connectivity index (χ1) is 54.5. The number of hydrogen-bond donors (Lipinski definition) is 30. The van der Waals surface area contributed by atoms with Crippen molar-refractivity contribution in [1.29, 1.82) is 0 Å². The second kappa shape index (κ2) is 41.1. The Bertz CT molecular complexity index is 3240. The highest BCUT2D eigenvalue weighted by Gasteiger charge is 2.64. The van der Waals surface area contributed by atoms with Crippen molar-refractivity contribution in [3.63, 3.8) is 0 Å². The Morgan fingerprint density at radius 3 is 1.17 bits per heavy atom. The van der Waals surface area contributed by atoms with E-state index in [0.717, 1.165) is 34.6 Å². The molecule has 52 nitrogen and oxygen atoms in total. The molecule has 5 amide bonds. The molecule has 8 rings (SSSR count). The van der Waals surface area contributed by atoms with Crippen molar-refractivity contribution in [2.24, 2.45) is 0 Å². The molecular weight excluding hydrogens is 1590 g/mol. The van der Waals surface area contributed by atoms with Crippen LogP contribution in [0.4, 0.5) is 0 Å². The Kier molecular flexibility index (Phi) is 34.1. The van der Waals surface area contributed by atoms with Crippen LogP contribution in [0.3, 0.4) is 0 Å². The zero-order chi connectivity index (χ0) is 86.3. The summed E-state index contributed by atoms with van der Waals surface area (Å²) in [5.41, 5.74) is 0. The highest BCUT2D eigenvalue weighted by atomic mass is 16.8. The summed E-state index contributed by atoms with van der Waals surface area (Å²) in [7, 11) is 0. The molecule has 0 spiro atoms. The van der Waals surface area contributed by atoms with Crippen LogP contribution in [-0.2, 0) is 105 Å². The quantitative estimate of drug-likeness (QED) is 0.0290. The van der Waals surface area contributed by atoms with Crippen molar-refractivity contribution in [1.82, 2.24) is 26.6 Å². The number of ether oxygens (including phenoxy) is 15. The number of amides is 5. The molecule has 8 saturated heterocycles. The molecule has 0 radical (unpaired) electrons. The van der Waals surface area contributed by atoms with Gasteiger partial charge in [-0.15, -0.1) is 0 Å². The van der Waals surface area contributed by atoms with E-state index in [-0.39, 0.29) is 0 Å². The van der Waals surface area contributed by atoms with Gasteiger partial charge in [0.05, 0.1) is 77.1 Å². The van der Waals surface area contributed by atoms with Gasteiger partial charge in [-0.05, 0) is 0 Å². The summed E-state index contributed by atoms with van der Waals surface area (Å²) in [5, 5.41) is 291. The van der Waals surface area contributed by atoms with Gasteiger partial charge in [-0.1, -0.05) is 0 Å². The first-order valence-corrected chi connectivity index (χ1v) is 36.4. The average Bonchev–Trinajstić information content (AvgIpc) is 0.756. The van der Waals surface area contributed by atoms with Crippen molar-refractivity contribution in [3.8, 4) is 0 Å². The summed E-state index contributed by atoms with van der Waals surface area (Å²) >= 11 is 0. The van der Waals surface area contributed by atoms with Gasteiger partial charge < -0.3 is 225 Å². The van der Waals surface area contributed by atoms with Crippen LogP contribution in [0.25, 0.3) is 0 Å². The van der Waals surface area contributed by atoms with Gasteiger partial charge in [0.15, 0.2) is 37.7 Å². The van der Waals surface area contributed by atoms with Crippen LogP contribution in [0.2, 0.25) is 0 Å². The molecule has 0 aromatic heterocycles. The Labute approximate surface area is 655 Å². The van der Waals surface area contributed by atoms with E-state index in [1.165, 1.54) is 0 Å². The molecule has 8 heterocycles. The second-order valence-corrected chi connectivity index (χ2v) is 28.9. The molecule has 8 fully saturated rings. The molecule has 0 bridgehead atoms. The van der Waals surface area contributed by atoms with Crippen LogP contribution in [0.15, 0.2) is 0 Å². The van der Waals surface area contributed by atoms with E-state index in [2.05, 4.69) is 26.6 Å². The lowest BCUT2D eigenvalue weighted by molar-refractivity contribution is -0.400. The molecular formula is C64H105N5O47. The van der Waals surface area contributed by atoms with Gasteiger partial charge in [-0.3, -0.25) is 24.0 Å². The number of carboxylic acids is 2. The first-order valence-electron chi connectivity index (χ1n) is 36.4. The summed E-state index contributed by atoms with van der Waals surface area (Å²) in [5.74, 6) is -15.9. The number of aliphatic carboxylic acids is 2. The van der Waals surface area contributed by atoms with Crippen LogP contribution >= 0.6 is 0 Å². The van der Waals surface area contributed by atoms with Gasteiger partial charge in [0, 0.05) is 47.5 Å². The molecule has 52 heteroatoms. The number of carboxylic acid groups (broad SMARTS) is 2. The summed E-state index contributed by atoms with van der Waals surface area (Å²) in [4.78, 5) is 90.2. The maximum atomic E-state index is 13.6. The second-order valence-electron chi connectivity index (χ2n) is 28.9. The predicted molar refractivity (Wildman–Crippen MR) is 357 cm³/mol. The fourth-order valence-corrected chi connectivity index (χ4v) is 14.8. The topological polar surface area (TPSA) is 824 Å². The number of hydrogen-bond acceptors (Lipinski definition) is 45. The number of carbonyl (C=O) groups excluding carboxylic acids is 5. The van der Waals surface area contributed by atoms with Crippen LogP contribution in [-0.4, -0.2) is 479 Å². The average molecular weight is 1700 g/mol. The zero-order valence-electron chi connectivity index (χ0n) is 62.3. The minimum atomic E-state index is -3.43. The molecule has 0 aliphatic carbocycles. The third-order valence-electron chi connectivity index (χ3n) is 20.6. The van der Waals surface area contributed by atoms with Crippen molar-refractivity contribution < 1.29 is 232 Å². The molecule has 0 saturated carbocycles. The Morgan fingerprint density at radius 1 is 0.353 bits per heavy atom. The summed E-state index contributed by atoms with van der Waals surface area (Å²) in [6, 6.07) is -9.44. The predicted octanol–water partition coefficient (Wildman–Crippen LogP) is -19.3. The van der Waals surface area contributed by atoms with Gasteiger partial charge in [0.2, 0.25) is 29.5 Å². The van der Waals surface area contributed by atoms with E-state index in [1.807, 2.05) is 0 Å². The number of rotatable bonds is 33. The zero-order valence-corrected chi connectivity index (χ0v) is 62.3. The molecule has 42 atom stereocenters. The summed E-state index contributed by atoms with van der Waals surface area (Å²) < 4.78 is 88.5. The number of aliphatic hydroxyl groups is 23. The number of aliphatic hydroxyl groups excluding tert-OH is 23. The maximum absolute atomic E-state index is 13.6. The van der Waals surface area contributed by atoms with Crippen LogP contribution in [0.1, 0.15) is 47.5 Å². The van der Waals surface area contributed by atoms with E-state index in [1.54, 1.807) is 0 Å². The standard InChI is InChI=1S/C64H105N5O47/c1-16(77)65-31-21(82)6-63(61(98)99,114-50(31)36(86)23(84)8-70)102-15-30-41(91)49(111-59-46(96)53(40(90)27(12-74)105-59)116-64(62(100)101)7-22(83)32(66-17(2)78)51(115-64)37(87)24(85)9-71)35(69-20(5)81)57(108-30)113-54-44(94)38(88)25(10-72)106-60(54)112-52-39(89)26(11-73)104-58(45(52)95)110-48-29(14-76)107-56(34(43(48)93)68-19(4)80)109-47-28(13-75)103-55(97)33(42(47)92)67-18(3)79/h21-60,70-76,82-97H,6-15H2,1-5H3,(H,65,77)(H,66,78)(H,67,79)(H,68,80)(H,69,81)(H,98,99)(H,100,101)/t21-,22-,23+,24+,25+,26+,27+,28+,29+,30+,31+,32+,33+,34+,35+,36+,37+,38+,39+,40-,41+,42+,43+,44-,45-,46+,47+,48+,49+,50+,51+,52-,53-,54-,55?,56-,57-,58-,59-,60+,63+,64-/m0/s1. The minimum Gasteiger partial charge on any atom is -0.477 e. The smallest absolute Gasteiger partial charge is 0.364 e. The normalized spacial score (nSPS) is 44.6. The molecule has 8 aliphatic rings. The van der Waals surface area contributed by atoms with Gasteiger partial charge in [0.25, 0.3) is 11.6 Å². The first kappa shape index (κ1) is 96.2. The van der Waals surface area contributed by atoms with Crippen LogP contribution in [0, 0.1) is 0 Å². The van der Waals surface area contributed by atoms with E-state index in [0.29, 0.717) is 0 Å². The molecule has 116 heavy (non-hydrogen) atoms. The van der Waals surface area contributed by atoms with Crippen LogP contribution in [0.5, 0.6) is 0 Å². The van der Waals surface area contributed by atoms with Crippen molar-refractivity contribution >= 4 is 41.5 Å². The third kappa shape index (κ3) is 21.3. The van der Waals surface area contributed by atoms with Crippen molar-refractivity contribution in [2.45, 2.75) is 304 Å². The van der Waals surface area contributed by atoms with E-state index < -0.39 is 364 Å². The molecule has 0 aromatic carbocycles. The summed E-state index contributed by atoms with van der Waals surface area (Å²) in [6.07, 6.45) is -82.1. The van der Waals surface area contributed by atoms with Gasteiger partial charge in [0.1, 0.15) is 183 Å². The Morgan fingerprint density at radius 2 is 0.698 bits per heavy atom. The summed E-state index contributed by atoms with van der Waals surface area (Å²) in [6.45, 7) is -5.33. The van der Waals surface area contributed by atoms with Gasteiger partial charge in [-0.2, -0.15) is 0 Å². The van der Waals surface area contributed by atoms with Crippen LogP contribution < -0.4 is 26.6 Å². The Hall–Kier alpha value is -5.23. The monoisotopic (exact) mass is 1700 g/mol. The lowest BCUT2D eigenvalue weighted by Gasteiger charge is -2.52. The van der Waals surface area contributed by atoms with Gasteiger partial charge >= 0.3 is 11.9 Å². The fraction of sp³-hybridized carbons (Fsp3) is 0.891. The molecule has 30 N–H and O–H groups in total. The van der Waals surface area contributed by atoms with Crippen molar-refractivity contribution in [3.05, 3.63) is 0 Å². The highest BCUT2D eigenvalue weighted by Crippen LogP contribution is 2.43. The molecule has 1 unspecified atom stereocenters. The number of nitrogens with one attached hydrogen (secondary N) is 5. The van der Waals surface area contributed by atoms with E-state index in [9.17, 15) is 161 Å². The molecule has 8 aliphatic heterocycles. The van der Waals surface area contributed by atoms with Gasteiger partial charge in [-0.25, -0.2) is 9.59 Å². The fourth-order valence-electron chi connectivity index (χ4n) is 14.8. The van der Waals surface area contributed by atoms with E-state index >= 15 is 0 Å². The third-order valence-corrected chi connectivity index (χ3v) is 20.6. The molecule has 0 aromatic rings. The largest absolute Gasteiger partial charge is 0.477 e.